The van der Waals surface area contributed by atoms with Gasteiger partial charge in [0.25, 0.3) is 0 Å². The minimum atomic E-state index is 0.0902. The molecule has 0 aliphatic rings. The van der Waals surface area contributed by atoms with Gasteiger partial charge in [0.1, 0.15) is 11.6 Å². The van der Waals surface area contributed by atoms with E-state index in [1.54, 1.807) is 4.90 Å². The quantitative estimate of drug-likeness (QED) is 0.855. The third-order valence-electron chi connectivity index (χ3n) is 2.92. The van der Waals surface area contributed by atoms with Crippen LogP contribution in [0, 0.1) is 6.92 Å². The zero-order chi connectivity index (χ0) is 14.4. The molecule has 0 saturated carbocycles. The van der Waals surface area contributed by atoms with Crippen LogP contribution in [0.2, 0.25) is 0 Å². The average Bonchev–Trinajstić information content (AvgIpc) is 2.37. The highest BCUT2D eigenvalue weighted by atomic mass is 16.2. The molecule has 0 aromatic carbocycles. The van der Waals surface area contributed by atoms with Crippen molar-refractivity contribution < 1.29 is 4.79 Å². The summed E-state index contributed by atoms with van der Waals surface area (Å²) < 4.78 is 0. The molecule has 0 saturated heterocycles. The number of aromatic nitrogens is 2. The van der Waals surface area contributed by atoms with Crippen LogP contribution in [-0.4, -0.2) is 40.4 Å². The maximum absolute atomic E-state index is 11.9. The van der Waals surface area contributed by atoms with Crippen LogP contribution in [-0.2, 0) is 4.79 Å². The lowest BCUT2D eigenvalue weighted by Gasteiger charge is -2.19. The summed E-state index contributed by atoms with van der Waals surface area (Å²) in [4.78, 5) is 22.5. The molecule has 0 fully saturated rings. The van der Waals surface area contributed by atoms with E-state index in [0.29, 0.717) is 0 Å². The number of anilines is 1. The monoisotopic (exact) mass is 264 g/mol. The molecule has 19 heavy (non-hydrogen) atoms. The van der Waals surface area contributed by atoms with Crippen LogP contribution in [0.3, 0.4) is 0 Å². The van der Waals surface area contributed by atoms with Crippen LogP contribution in [0.15, 0.2) is 6.07 Å². The number of nitrogens with zero attached hydrogens (tertiary/aromatic N) is 3. The molecule has 1 amide bonds. The van der Waals surface area contributed by atoms with Gasteiger partial charge in [-0.1, -0.05) is 13.8 Å². The maximum atomic E-state index is 11.9. The van der Waals surface area contributed by atoms with Crippen LogP contribution in [0.1, 0.15) is 45.1 Å². The van der Waals surface area contributed by atoms with Gasteiger partial charge < -0.3 is 10.2 Å². The van der Waals surface area contributed by atoms with E-state index < -0.39 is 0 Å². The molecule has 0 radical (unpaired) electrons. The fraction of sp³-hybridized carbons (Fsp3) is 0.643. The summed E-state index contributed by atoms with van der Waals surface area (Å²) in [7, 11) is 0. The third kappa shape index (κ3) is 4.50. The first-order valence-electron chi connectivity index (χ1n) is 6.85. The first-order chi connectivity index (χ1) is 8.97. The predicted octanol–water partition coefficient (Wildman–Crippen LogP) is 2.19. The molecule has 0 unspecified atom stereocenters. The molecule has 0 atom stereocenters. The lowest BCUT2D eigenvalue weighted by atomic mass is 10.2. The molecule has 5 nitrogen and oxygen atoms in total. The van der Waals surface area contributed by atoms with E-state index in [0.717, 1.165) is 30.4 Å². The summed E-state index contributed by atoms with van der Waals surface area (Å²) >= 11 is 0. The SMILES string of the molecule is CCN(CC)C(=O)CNc1cc(C)nc(C(C)C)n1. The molecule has 0 aliphatic heterocycles. The molecule has 1 N–H and O–H groups in total. The Morgan fingerprint density at radius 2 is 1.95 bits per heavy atom. The van der Waals surface area contributed by atoms with Crippen LogP contribution < -0.4 is 5.32 Å². The highest BCUT2D eigenvalue weighted by Gasteiger charge is 2.10. The first kappa shape index (κ1) is 15.4. The fourth-order valence-corrected chi connectivity index (χ4v) is 1.79. The molecule has 1 heterocycles. The summed E-state index contributed by atoms with van der Waals surface area (Å²) in [5.74, 6) is 1.89. The number of hydrogen-bond donors (Lipinski definition) is 1. The largest absolute Gasteiger partial charge is 0.361 e. The normalized spacial score (nSPS) is 10.6. The van der Waals surface area contributed by atoms with E-state index >= 15 is 0 Å². The second-order valence-corrected chi connectivity index (χ2v) is 4.83. The van der Waals surface area contributed by atoms with Crippen molar-refractivity contribution in [2.75, 3.05) is 25.0 Å². The third-order valence-corrected chi connectivity index (χ3v) is 2.92. The summed E-state index contributed by atoms with van der Waals surface area (Å²) in [5.41, 5.74) is 0.913. The minimum Gasteiger partial charge on any atom is -0.361 e. The summed E-state index contributed by atoms with van der Waals surface area (Å²) in [6, 6.07) is 1.86. The Kier molecular flexibility index (Phi) is 5.73. The van der Waals surface area contributed by atoms with Crippen molar-refractivity contribution in [2.45, 2.75) is 40.5 Å². The lowest BCUT2D eigenvalue weighted by molar-refractivity contribution is -0.128. The van der Waals surface area contributed by atoms with E-state index in [2.05, 4.69) is 29.1 Å². The Morgan fingerprint density at radius 1 is 1.32 bits per heavy atom. The molecular weight excluding hydrogens is 240 g/mol. The zero-order valence-electron chi connectivity index (χ0n) is 12.5. The van der Waals surface area contributed by atoms with E-state index in [4.69, 9.17) is 0 Å². The molecule has 5 heteroatoms. The van der Waals surface area contributed by atoms with Gasteiger partial charge in [0, 0.05) is 30.8 Å². The highest BCUT2D eigenvalue weighted by molar-refractivity contribution is 5.80. The van der Waals surface area contributed by atoms with Crippen LogP contribution in [0.25, 0.3) is 0 Å². The topological polar surface area (TPSA) is 58.1 Å². The summed E-state index contributed by atoms with van der Waals surface area (Å²) in [5, 5.41) is 3.09. The van der Waals surface area contributed by atoms with Crippen molar-refractivity contribution in [3.05, 3.63) is 17.6 Å². The lowest BCUT2D eigenvalue weighted by Crippen LogP contribution is -2.35. The Morgan fingerprint density at radius 3 is 2.47 bits per heavy atom. The average molecular weight is 264 g/mol. The zero-order valence-corrected chi connectivity index (χ0v) is 12.5. The summed E-state index contributed by atoms with van der Waals surface area (Å²) in [6.07, 6.45) is 0. The molecule has 106 valence electrons. The standard InChI is InChI=1S/C14H24N4O/c1-6-18(7-2)13(19)9-15-12-8-11(5)16-14(17-12)10(3)4/h8,10H,6-7,9H2,1-5H3,(H,15,16,17). The van der Waals surface area contributed by atoms with Gasteiger partial charge in [-0.15, -0.1) is 0 Å². The van der Waals surface area contributed by atoms with Crippen molar-refractivity contribution in [1.29, 1.82) is 0 Å². The Hall–Kier alpha value is -1.65. The summed E-state index contributed by atoms with van der Waals surface area (Å²) in [6.45, 7) is 11.7. The smallest absolute Gasteiger partial charge is 0.241 e. The fourth-order valence-electron chi connectivity index (χ4n) is 1.79. The van der Waals surface area contributed by atoms with Crippen LogP contribution in [0.4, 0.5) is 5.82 Å². The Bertz CT molecular complexity index is 427. The molecule has 1 rings (SSSR count). The van der Waals surface area contributed by atoms with Gasteiger partial charge in [-0.3, -0.25) is 4.79 Å². The number of nitrogens with one attached hydrogen (secondary N) is 1. The van der Waals surface area contributed by atoms with Crippen molar-refractivity contribution in [3.63, 3.8) is 0 Å². The number of rotatable bonds is 6. The van der Waals surface area contributed by atoms with Crippen molar-refractivity contribution in [2.24, 2.45) is 0 Å². The molecular formula is C14H24N4O. The predicted molar refractivity (Wildman–Crippen MR) is 77.3 cm³/mol. The van der Waals surface area contributed by atoms with E-state index in [1.165, 1.54) is 0 Å². The van der Waals surface area contributed by atoms with Gasteiger partial charge in [0.15, 0.2) is 0 Å². The van der Waals surface area contributed by atoms with Crippen molar-refractivity contribution in [3.8, 4) is 0 Å². The number of amides is 1. The Balaban J connectivity index is 2.70. The van der Waals surface area contributed by atoms with Gasteiger partial charge in [-0.05, 0) is 20.8 Å². The van der Waals surface area contributed by atoms with Crippen LogP contribution >= 0.6 is 0 Å². The second kappa shape index (κ2) is 7.07. The molecule has 0 aliphatic carbocycles. The van der Waals surface area contributed by atoms with Crippen molar-refractivity contribution >= 4 is 11.7 Å². The Labute approximate surface area is 115 Å². The number of carbonyl (C=O) groups is 1. The van der Waals surface area contributed by atoms with E-state index in [-0.39, 0.29) is 18.4 Å². The number of carbonyl (C=O) groups excluding carboxylic acids is 1. The second-order valence-electron chi connectivity index (χ2n) is 4.83. The van der Waals surface area contributed by atoms with Gasteiger partial charge in [0.2, 0.25) is 5.91 Å². The maximum Gasteiger partial charge on any atom is 0.241 e. The minimum absolute atomic E-state index is 0.0902. The molecule has 0 spiro atoms. The van der Waals surface area contributed by atoms with E-state index in [1.807, 2.05) is 26.8 Å². The number of aryl methyl sites for hydroxylation is 1. The number of likely N-dealkylation sites (N-methyl/N-ethyl adjacent to an activating group) is 1. The van der Waals surface area contributed by atoms with Crippen molar-refractivity contribution in [1.82, 2.24) is 14.9 Å². The molecule has 1 aromatic rings. The highest BCUT2D eigenvalue weighted by Crippen LogP contribution is 2.13. The molecule has 0 bridgehead atoms. The van der Waals surface area contributed by atoms with Gasteiger partial charge in [-0.25, -0.2) is 9.97 Å². The van der Waals surface area contributed by atoms with Gasteiger partial charge in [0.05, 0.1) is 6.54 Å². The number of hydrogen-bond acceptors (Lipinski definition) is 4. The molecule has 1 aromatic heterocycles. The first-order valence-corrected chi connectivity index (χ1v) is 6.85. The van der Waals surface area contributed by atoms with Gasteiger partial charge in [-0.2, -0.15) is 0 Å². The van der Waals surface area contributed by atoms with Gasteiger partial charge >= 0.3 is 0 Å². The van der Waals surface area contributed by atoms with Crippen LogP contribution in [0.5, 0.6) is 0 Å². The van der Waals surface area contributed by atoms with E-state index in [9.17, 15) is 4.79 Å².